The Morgan fingerprint density at radius 3 is 2.75 bits per heavy atom. The molecule has 1 N–H and O–H groups in total. The van der Waals surface area contributed by atoms with Crippen LogP contribution in [0.5, 0.6) is 0 Å². The number of nitrogens with zero attached hydrogens (tertiary/aromatic N) is 3. The summed E-state index contributed by atoms with van der Waals surface area (Å²) in [5.74, 6) is -0.0823. The molecule has 8 heteroatoms. The van der Waals surface area contributed by atoms with Gasteiger partial charge in [-0.25, -0.2) is 4.99 Å². The summed E-state index contributed by atoms with van der Waals surface area (Å²) < 4.78 is 3.76. The number of nitro groups is 1. The van der Waals surface area contributed by atoms with Gasteiger partial charge in [0.2, 0.25) is 0 Å². The molecule has 24 heavy (non-hydrogen) atoms. The number of hydrogen-bond donors (Lipinski definition) is 1. The molecular weight excluding hydrogens is 423 g/mol. The van der Waals surface area contributed by atoms with E-state index in [2.05, 4.69) is 15.2 Å². The summed E-state index contributed by atoms with van der Waals surface area (Å²) in [5, 5.41) is 13.9. The highest BCUT2D eigenvalue weighted by molar-refractivity contribution is 14.2. The van der Waals surface area contributed by atoms with Gasteiger partial charge >= 0.3 is 0 Å². The summed E-state index contributed by atoms with van der Waals surface area (Å²) >= 11 is -0.184. The van der Waals surface area contributed by atoms with Gasteiger partial charge in [0.05, 0.1) is 9.06 Å². The fourth-order valence-corrected chi connectivity index (χ4v) is 3.92. The van der Waals surface area contributed by atoms with E-state index in [0.717, 1.165) is 31.6 Å². The molecule has 0 spiro atoms. The second-order valence-corrected chi connectivity index (χ2v) is 7.49. The van der Waals surface area contributed by atoms with Gasteiger partial charge in [-0.1, -0.05) is 20.7 Å². The molecule has 3 rings (SSSR count). The van der Waals surface area contributed by atoms with E-state index in [9.17, 15) is 14.9 Å². The number of halogens is 1. The number of benzene rings is 1. The number of nitrogens with one attached hydrogen (secondary N) is 1. The van der Waals surface area contributed by atoms with E-state index >= 15 is 0 Å². The van der Waals surface area contributed by atoms with E-state index in [0.29, 0.717) is 5.84 Å². The first kappa shape index (κ1) is 16.7. The molecular formula is C16H17IN4O3. The highest BCUT2D eigenvalue weighted by Gasteiger charge is 2.23. The molecule has 7 nitrogen and oxygen atoms in total. The van der Waals surface area contributed by atoms with E-state index in [4.69, 9.17) is 0 Å². The molecule has 0 bridgehead atoms. The first-order valence-electron chi connectivity index (χ1n) is 7.68. The zero-order valence-corrected chi connectivity index (χ0v) is 15.1. The van der Waals surface area contributed by atoms with Crippen molar-refractivity contribution >= 4 is 48.0 Å². The second kappa shape index (κ2) is 7.65. The molecule has 0 radical (unpaired) electrons. The number of rotatable bonds is 3. The van der Waals surface area contributed by atoms with Crippen molar-refractivity contribution in [1.29, 1.82) is 0 Å². The zero-order valence-electron chi connectivity index (χ0n) is 12.9. The molecule has 1 amide bonds. The van der Waals surface area contributed by atoms with Crippen molar-refractivity contribution < 1.29 is 9.72 Å². The maximum Gasteiger partial charge on any atom is 0.282 e. The topological polar surface area (TPSA) is 87.8 Å². The smallest absolute Gasteiger partial charge is 0.282 e. The van der Waals surface area contributed by atoms with E-state index in [1.165, 1.54) is 12.5 Å². The number of nitro benzene ring substituents is 1. The van der Waals surface area contributed by atoms with Gasteiger partial charge in [-0.15, -0.1) is 0 Å². The number of piperidine rings is 1. The lowest BCUT2D eigenvalue weighted by Gasteiger charge is -2.29. The van der Waals surface area contributed by atoms with Crippen LogP contribution >= 0.6 is 20.7 Å². The first-order valence-corrected chi connectivity index (χ1v) is 10.2. The second-order valence-electron chi connectivity index (χ2n) is 5.49. The maximum absolute atomic E-state index is 12.5. The maximum atomic E-state index is 12.5. The molecule has 0 aromatic heterocycles. The SMILES string of the molecule is O=C(NC1=NC=IC=C1)c1cc(N2CCCCC2)ccc1[N+](=O)[O-]. The highest BCUT2D eigenvalue weighted by Crippen LogP contribution is 2.27. The van der Waals surface area contributed by atoms with Crippen LogP contribution in [0.25, 0.3) is 0 Å². The highest BCUT2D eigenvalue weighted by atomic mass is 127. The van der Waals surface area contributed by atoms with Crippen molar-refractivity contribution in [3.05, 3.63) is 44.0 Å². The van der Waals surface area contributed by atoms with Gasteiger partial charge < -0.3 is 10.2 Å². The van der Waals surface area contributed by atoms with Gasteiger partial charge in [0, 0.05) is 24.8 Å². The Labute approximate surface area is 149 Å². The van der Waals surface area contributed by atoms with Crippen molar-refractivity contribution in [3.8, 4) is 0 Å². The lowest BCUT2D eigenvalue weighted by atomic mass is 10.1. The van der Waals surface area contributed by atoms with E-state index in [1.807, 2.05) is 4.08 Å². The molecule has 1 aromatic rings. The fraction of sp³-hybridized carbons (Fsp3) is 0.312. The van der Waals surface area contributed by atoms with E-state index in [-0.39, 0.29) is 32.0 Å². The van der Waals surface area contributed by atoms with E-state index < -0.39 is 10.8 Å². The monoisotopic (exact) mass is 440 g/mol. The summed E-state index contributed by atoms with van der Waals surface area (Å²) in [7, 11) is 0. The van der Waals surface area contributed by atoms with Gasteiger partial charge in [-0.05, 0) is 41.6 Å². The van der Waals surface area contributed by atoms with Crippen LogP contribution in [0.4, 0.5) is 11.4 Å². The largest absolute Gasteiger partial charge is 0.372 e. The van der Waals surface area contributed by atoms with Crippen LogP contribution < -0.4 is 10.2 Å². The number of amidine groups is 1. The lowest BCUT2D eigenvalue weighted by Crippen LogP contribution is -2.32. The van der Waals surface area contributed by atoms with Gasteiger partial charge in [0.1, 0.15) is 11.4 Å². The average molecular weight is 440 g/mol. The Morgan fingerprint density at radius 2 is 2.08 bits per heavy atom. The van der Waals surface area contributed by atoms with E-state index in [1.54, 1.807) is 22.3 Å². The minimum Gasteiger partial charge on any atom is -0.372 e. The molecule has 0 unspecified atom stereocenters. The van der Waals surface area contributed by atoms with Gasteiger partial charge in [-0.3, -0.25) is 14.9 Å². The quantitative estimate of drug-likeness (QED) is 0.445. The number of carbonyl (C=O) groups excluding carboxylic acids is 1. The summed E-state index contributed by atoms with van der Waals surface area (Å²) in [6, 6.07) is 4.74. The molecule has 1 saturated heterocycles. The van der Waals surface area contributed by atoms with Crippen LogP contribution in [-0.4, -0.2) is 33.9 Å². The molecule has 0 aliphatic carbocycles. The van der Waals surface area contributed by atoms with Crippen LogP contribution in [0.2, 0.25) is 0 Å². The van der Waals surface area contributed by atoms with Crippen LogP contribution in [0.15, 0.2) is 33.4 Å². The molecule has 0 saturated carbocycles. The fourth-order valence-electron chi connectivity index (χ4n) is 2.72. The molecule has 0 atom stereocenters. The third-order valence-corrected chi connectivity index (χ3v) is 5.30. The number of carbonyl (C=O) groups is 1. The average Bonchev–Trinajstić information content (AvgIpc) is 2.62. The van der Waals surface area contributed by atoms with Gasteiger partial charge in [-0.2, -0.15) is 0 Å². The van der Waals surface area contributed by atoms with Crippen molar-refractivity contribution in [3.63, 3.8) is 0 Å². The normalized spacial score (nSPS) is 17.0. The lowest BCUT2D eigenvalue weighted by molar-refractivity contribution is -0.385. The number of amides is 1. The Morgan fingerprint density at radius 1 is 1.29 bits per heavy atom. The summed E-state index contributed by atoms with van der Waals surface area (Å²) in [5.41, 5.74) is 0.730. The van der Waals surface area contributed by atoms with Gasteiger partial charge in [0.25, 0.3) is 11.6 Å². The Kier molecular flexibility index (Phi) is 5.34. The van der Waals surface area contributed by atoms with Crippen molar-refractivity contribution in [2.24, 2.45) is 4.99 Å². The summed E-state index contributed by atoms with van der Waals surface area (Å²) in [6.45, 7) is 1.82. The summed E-state index contributed by atoms with van der Waals surface area (Å²) in [6.07, 6.45) is 5.13. The number of hydrogen-bond acceptors (Lipinski definition) is 5. The minimum absolute atomic E-state index is 0.0689. The van der Waals surface area contributed by atoms with Crippen molar-refractivity contribution in [2.45, 2.75) is 19.3 Å². The standard InChI is InChI=1S/C16H17IN4O3/c22-16(19-15-6-7-17-11-18-15)13-10-12(4-5-14(13)21(23)24)20-8-2-1-3-9-20/h4-7,10-11H,1-3,8-9H2,(H,18,19,22). The van der Waals surface area contributed by atoms with Crippen LogP contribution in [0, 0.1) is 10.1 Å². The first-order chi connectivity index (χ1) is 11.6. The third kappa shape index (κ3) is 3.86. The summed E-state index contributed by atoms with van der Waals surface area (Å²) in [4.78, 5) is 29.6. The molecule has 1 aromatic carbocycles. The third-order valence-electron chi connectivity index (χ3n) is 3.92. The molecule has 2 heterocycles. The van der Waals surface area contributed by atoms with Gasteiger partial charge in [0.15, 0.2) is 0 Å². The minimum atomic E-state index is -0.523. The van der Waals surface area contributed by atoms with Crippen LogP contribution in [-0.2, 0) is 0 Å². The molecule has 1 fully saturated rings. The van der Waals surface area contributed by atoms with Crippen LogP contribution in [0.3, 0.4) is 0 Å². The van der Waals surface area contributed by atoms with Crippen molar-refractivity contribution in [2.75, 3.05) is 18.0 Å². The van der Waals surface area contributed by atoms with Crippen LogP contribution in [0.1, 0.15) is 29.6 Å². The predicted octanol–water partition coefficient (Wildman–Crippen LogP) is 2.97. The number of anilines is 1. The molecule has 2 aliphatic rings. The number of aliphatic imine (C=N–C) groups is 1. The predicted molar refractivity (Wildman–Crippen MR) is 103 cm³/mol. The Balaban J connectivity index is 1.89. The molecule has 126 valence electrons. The molecule has 2 aliphatic heterocycles. The Hall–Kier alpha value is -2.10. The van der Waals surface area contributed by atoms with Crippen molar-refractivity contribution in [1.82, 2.24) is 5.32 Å². The zero-order chi connectivity index (χ0) is 16.9. The Bertz CT molecular complexity index is 752.